The molecule has 3 atom stereocenters. The summed E-state index contributed by atoms with van der Waals surface area (Å²) in [5.41, 5.74) is -1.35. The molecule has 0 spiro atoms. The van der Waals surface area contributed by atoms with Crippen LogP contribution in [0, 0.1) is 11.8 Å². The summed E-state index contributed by atoms with van der Waals surface area (Å²) in [5.74, 6) is 0.643. The lowest BCUT2D eigenvalue weighted by molar-refractivity contribution is 0.227. The lowest BCUT2D eigenvalue weighted by atomic mass is 9.78. The van der Waals surface area contributed by atoms with Gasteiger partial charge in [-0.2, -0.15) is 0 Å². The quantitative estimate of drug-likeness (QED) is 0.857. The third kappa shape index (κ3) is 3.03. The maximum absolute atomic E-state index is 12.5. The van der Waals surface area contributed by atoms with Crippen LogP contribution in [0.2, 0.25) is 0 Å². The SMILES string of the molecule is C[C@@H]1[C@H](C)CCC[C@H]1NS(=O)(=O)c1cn(C)c(=O)n(C)c1=O. The first kappa shape index (κ1) is 17.0. The summed E-state index contributed by atoms with van der Waals surface area (Å²) in [6.07, 6.45) is 3.89. The standard InChI is InChI=1S/C14H23N3O4S/c1-9-6-5-7-11(10(9)2)15-22(20,21)12-8-16(3)14(19)17(4)13(12)18/h8-11,15H,5-7H2,1-4H3/t9-,10-,11-/m1/s1. The number of rotatable bonds is 3. The van der Waals surface area contributed by atoms with Crippen molar-refractivity contribution in [2.24, 2.45) is 25.9 Å². The predicted molar refractivity (Wildman–Crippen MR) is 83.2 cm³/mol. The molecule has 7 nitrogen and oxygen atoms in total. The van der Waals surface area contributed by atoms with Crippen LogP contribution < -0.4 is 16.0 Å². The highest BCUT2D eigenvalue weighted by Gasteiger charge is 2.32. The van der Waals surface area contributed by atoms with Crippen molar-refractivity contribution in [3.8, 4) is 0 Å². The first-order valence-electron chi connectivity index (χ1n) is 7.44. The second-order valence-electron chi connectivity index (χ2n) is 6.25. The molecule has 1 fully saturated rings. The molecular formula is C14H23N3O4S. The Balaban J connectivity index is 2.40. The zero-order valence-electron chi connectivity index (χ0n) is 13.4. The summed E-state index contributed by atoms with van der Waals surface area (Å²) in [7, 11) is -1.26. The van der Waals surface area contributed by atoms with Gasteiger partial charge in [-0.05, 0) is 18.3 Å². The Morgan fingerprint density at radius 3 is 2.45 bits per heavy atom. The summed E-state index contributed by atoms with van der Waals surface area (Å²) in [6, 6.07) is -0.185. The molecule has 1 N–H and O–H groups in total. The smallest absolute Gasteiger partial charge is 0.302 e. The van der Waals surface area contributed by atoms with Crippen LogP contribution in [0.4, 0.5) is 0 Å². The molecule has 0 aromatic carbocycles. The van der Waals surface area contributed by atoms with Gasteiger partial charge in [0.05, 0.1) is 0 Å². The molecule has 0 radical (unpaired) electrons. The molecule has 8 heteroatoms. The second-order valence-corrected chi connectivity index (χ2v) is 7.93. The number of nitrogens with one attached hydrogen (secondary N) is 1. The Morgan fingerprint density at radius 1 is 1.18 bits per heavy atom. The van der Waals surface area contributed by atoms with Gasteiger partial charge in [0.2, 0.25) is 10.0 Å². The predicted octanol–water partition coefficient (Wildman–Crippen LogP) is 0.187. The first-order valence-corrected chi connectivity index (χ1v) is 8.92. The number of hydrogen-bond donors (Lipinski definition) is 1. The van der Waals surface area contributed by atoms with E-state index in [1.807, 2.05) is 6.92 Å². The zero-order valence-corrected chi connectivity index (χ0v) is 14.2. The molecule has 124 valence electrons. The van der Waals surface area contributed by atoms with Crippen LogP contribution in [0.1, 0.15) is 33.1 Å². The van der Waals surface area contributed by atoms with Gasteiger partial charge in [-0.1, -0.05) is 26.7 Å². The van der Waals surface area contributed by atoms with Gasteiger partial charge >= 0.3 is 5.69 Å². The minimum Gasteiger partial charge on any atom is -0.302 e. The molecule has 0 unspecified atom stereocenters. The Labute approximate surface area is 130 Å². The van der Waals surface area contributed by atoms with E-state index in [9.17, 15) is 18.0 Å². The zero-order chi connectivity index (χ0) is 16.7. The molecule has 0 saturated heterocycles. The van der Waals surface area contributed by atoms with Crippen molar-refractivity contribution in [3.63, 3.8) is 0 Å². The minimum atomic E-state index is -3.95. The number of nitrogens with zero attached hydrogens (tertiary/aromatic N) is 2. The number of sulfonamides is 1. The largest absolute Gasteiger partial charge is 0.330 e. The van der Waals surface area contributed by atoms with Gasteiger partial charge in [-0.3, -0.25) is 9.36 Å². The topological polar surface area (TPSA) is 90.2 Å². The third-order valence-corrected chi connectivity index (χ3v) is 6.19. The fraction of sp³-hybridized carbons (Fsp3) is 0.714. The molecule has 1 heterocycles. The Morgan fingerprint density at radius 2 is 1.82 bits per heavy atom. The van der Waals surface area contributed by atoms with Crippen LogP contribution in [0.3, 0.4) is 0 Å². The van der Waals surface area contributed by atoms with Crippen LogP contribution in [-0.4, -0.2) is 23.6 Å². The molecule has 1 aliphatic carbocycles. The molecule has 0 bridgehead atoms. The molecule has 2 rings (SSSR count). The molecule has 1 aliphatic rings. The summed E-state index contributed by atoms with van der Waals surface area (Å²) in [6.45, 7) is 4.13. The maximum Gasteiger partial charge on any atom is 0.330 e. The lowest BCUT2D eigenvalue weighted by Crippen LogP contribution is -2.47. The van der Waals surface area contributed by atoms with Gasteiger partial charge in [-0.25, -0.2) is 17.9 Å². The van der Waals surface area contributed by atoms with Crippen molar-refractivity contribution < 1.29 is 8.42 Å². The van der Waals surface area contributed by atoms with E-state index >= 15 is 0 Å². The van der Waals surface area contributed by atoms with Crippen LogP contribution in [0.25, 0.3) is 0 Å². The highest BCUT2D eigenvalue weighted by molar-refractivity contribution is 7.89. The molecule has 1 aromatic heterocycles. The summed E-state index contributed by atoms with van der Waals surface area (Å²) < 4.78 is 29.7. The molecule has 0 aliphatic heterocycles. The second kappa shape index (κ2) is 6.00. The fourth-order valence-electron chi connectivity index (χ4n) is 2.97. The number of aromatic nitrogens is 2. The number of hydrogen-bond acceptors (Lipinski definition) is 4. The van der Waals surface area contributed by atoms with Crippen LogP contribution in [0.15, 0.2) is 20.7 Å². The Kier molecular flexibility index (Phi) is 4.62. The van der Waals surface area contributed by atoms with Gasteiger partial charge in [0.15, 0.2) is 4.90 Å². The molecule has 22 heavy (non-hydrogen) atoms. The van der Waals surface area contributed by atoms with Gasteiger partial charge in [0.1, 0.15) is 0 Å². The minimum absolute atomic E-state index is 0.185. The van der Waals surface area contributed by atoms with Gasteiger partial charge in [0, 0.05) is 26.3 Å². The maximum atomic E-state index is 12.5. The van der Waals surface area contributed by atoms with E-state index in [1.165, 1.54) is 14.1 Å². The van der Waals surface area contributed by atoms with Crippen molar-refractivity contribution in [3.05, 3.63) is 27.0 Å². The molecule has 1 aromatic rings. The molecule has 0 amide bonds. The lowest BCUT2D eigenvalue weighted by Gasteiger charge is -2.34. The van der Waals surface area contributed by atoms with Crippen LogP contribution >= 0.6 is 0 Å². The van der Waals surface area contributed by atoms with E-state index in [0.29, 0.717) is 5.92 Å². The van der Waals surface area contributed by atoms with Gasteiger partial charge in [-0.15, -0.1) is 0 Å². The molecular weight excluding hydrogens is 306 g/mol. The van der Waals surface area contributed by atoms with E-state index in [1.54, 1.807) is 0 Å². The average molecular weight is 329 g/mol. The summed E-state index contributed by atoms with van der Waals surface area (Å²) >= 11 is 0. The fourth-order valence-corrected chi connectivity index (χ4v) is 4.49. The average Bonchev–Trinajstić information content (AvgIpc) is 2.45. The summed E-state index contributed by atoms with van der Waals surface area (Å²) in [4.78, 5) is 23.4. The monoisotopic (exact) mass is 329 g/mol. The highest BCUT2D eigenvalue weighted by Crippen LogP contribution is 2.30. The Hall–Kier alpha value is -1.41. The normalized spacial score (nSPS) is 26.1. The number of aryl methyl sites for hydroxylation is 1. The van der Waals surface area contributed by atoms with Crippen molar-refractivity contribution in [1.82, 2.24) is 13.9 Å². The van der Waals surface area contributed by atoms with E-state index in [-0.39, 0.29) is 16.9 Å². The van der Waals surface area contributed by atoms with Crippen molar-refractivity contribution in [2.45, 2.75) is 44.0 Å². The van der Waals surface area contributed by atoms with Crippen molar-refractivity contribution >= 4 is 10.0 Å². The van der Waals surface area contributed by atoms with E-state index in [4.69, 9.17) is 0 Å². The van der Waals surface area contributed by atoms with E-state index in [0.717, 1.165) is 34.6 Å². The third-order valence-electron chi connectivity index (χ3n) is 4.72. The van der Waals surface area contributed by atoms with Gasteiger partial charge in [0.25, 0.3) is 5.56 Å². The highest BCUT2D eigenvalue weighted by atomic mass is 32.2. The van der Waals surface area contributed by atoms with Crippen LogP contribution in [0.5, 0.6) is 0 Å². The van der Waals surface area contributed by atoms with Gasteiger partial charge < -0.3 is 4.57 Å². The Bertz CT molecular complexity index is 778. The van der Waals surface area contributed by atoms with E-state index < -0.39 is 21.3 Å². The first-order chi connectivity index (χ1) is 10.1. The van der Waals surface area contributed by atoms with Crippen molar-refractivity contribution in [2.75, 3.05) is 0 Å². The van der Waals surface area contributed by atoms with E-state index in [2.05, 4.69) is 11.6 Å². The molecule has 1 saturated carbocycles. The van der Waals surface area contributed by atoms with Crippen LogP contribution in [-0.2, 0) is 24.1 Å². The summed E-state index contributed by atoms with van der Waals surface area (Å²) in [5, 5.41) is 0. The van der Waals surface area contributed by atoms with Crippen molar-refractivity contribution in [1.29, 1.82) is 0 Å².